The quantitative estimate of drug-likeness (QED) is 0.872. The molecule has 1 fully saturated rings. The van der Waals surface area contributed by atoms with Crippen LogP contribution in [0.1, 0.15) is 31.7 Å². The molecule has 1 aromatic carbocycles. The second kappa shape index (κ2) is 7.57. The highest BCUT2D eigenvalue weighted by Gasteiger charge is 2.40. The first-order valence-electron chi connectivity index (χ1n) is 7.76. The Kier molecular flexibility index (Phi) is 5.76. The molecule has 0 unspecified atom stereocenters. The van der Waals surface area contributed by atoms with Crippen LogP contribution in [0.25, 0.3) is 0 Å². The van der Waals surface area contributed by atoms with Gasteiger partial charge in [-0.15, -0.1) is 0 Å². The van der Waals surface area contributed by atoms with Gasteiger partial charge in [0.05, 0.1) is 12.7 Å². The first-order valence-corrected chi connectivity index (χ1v) is 7.76. The number of benzene rings is 1. The molecule has 0 bridgehead atoms. The third-order valence-electron chi connectivity index (χ3n) is 4.29. The van der Waals surface area contributed by atoms with Gasteiger partial charge < -0.3 is 14.7 Å². The van der Waals surface area contributed by atoms with Gasteiger partial charge in [0.1, 0.15) is 0 Å². The van der Waals surface area contributed by atoms with Crippen LogP contribution in [-0.4, -0.2) is 48.3 Å². The van der Waals surface area contributed by atoms with Gasteiger partial charge in [0.15, 0.2) is 0 Å². The van der Waals surface area contributed by atoms with Crippen molar-refractivity contribution in [1.29, 1.82) is 0 Å². The van der Waals surface area contributed by atoms with Crippen molar-refractivity contribution in [3.8, 4) is 0 Å². The van der Waals surface area contributed by atoms with E-state index in [0.717, 1.165) is 0 Å². The van der Waals surface area contributed by atoms with Crippen molar-refractivity contribution in [3.63, 3.8) is 0 Å². The normalized spacial score (nSPS) is 23.3. The van der Waals surface area contributed by atoms with Crippen molar-refractivity contribution < 1.29 is 14.6 Å². The second-order valence-electron chi connectivity index (χ2n) is 5.51. The number of aliphatic hydroxyl groups excluding tert-OH is 1. The molecule has 116 valence electrons. The fraction of sp³-hybridized carbons (Fsp3) is 0.588. The lowest BCUT2D eigenvalue weighted by atomic mass is 9.85. The molecule has 1 aliphatic heterocycles. The molecule has 0 aromatic heterocycles. The smallest absolute Gasteiger partial charge is 0.222 e. The van der Waals surface area contributed by atoms with Crippen LogP contribution < -0.4 is 0 Å². The molecule has 4 heteroatoms. The van der Waals surface area contributed by atoms with Gasteiger partial charge in [0.2, 0.25) is 5.91 Å². The molecule has 2 rings (SSSR count). The Morgan fingerprint density at radius 2 is 2.05 bits per heavy atom. The lowest BCUT2D eigenvalue weighted by Crippen LogP contribution is -2.34. The molecule has 0 saturated carbocycles. The largest absolute Gasteiger partial charge is 0.394 e. The Morgan fingerprint density at radius 3 is 2.62 bits per heavy atom. The molecule has 4 nitrogen and oxygen atoms in total. The van der Waals surface area contributed by atoms with Crippen LogP contribution in [0.5, 0.6) is 0 Å². The SMILES string of the molecule is CCO[C@H](CO)[C@H]1CN(C(=O)CC)C[C@@H]1c1ccccc1. The van der Waals surface area contributed by atoms with E-state index in [1.54, 1.807) is 0 Å². The topological polar surface area (TPSA) is 49.8 Å². The van der Waals surface area contributed by atoms with E-state index in [-0.39, 0.29) is 30.5 Å². The third-order valence-corrected chi connectivity index (χ3v) is 4.29. The van der Waals surface area contributed by atoms with Gasteiger partial charge in [0.25, 0.3) is 0 Å². The van der Waals surface area contributed by atoms with Crippen molar-refractivity contribution >= 4 is 5.91 Å². The van der Waals surface area contributed by atoms with Crippen LogP contribution in [0, 0.1) is 5.92 Å². The molecule has 21 heavy (non-hydrogen) atoms. The molecule has 1 aliphatic rings. The first-order chi connectivity index (χ1) is 10.2. The van der Waals surface area contributed by atoms with E-state index in [1.165, 1.54) is 5.56 Å². The van der Waals surface area contributed by atoms with Gasteiger partial charge in [0, 0.05) is 38.0 Å². The molecule has 1 N–H and O–H groups in total. The molecule has 0 spiro atoms. The molecule has 1 aromatic rings. The average Bonchev–Trinajstić information content (AvgIpc) is 2.97. The van der Waals surface area contributed by atoms with Crippen LogP contribution in [0.4, 0.5) is 0 Å². The summed E-state index contributed by atoms with van der Waals surface area (Å²) in [7, 11) is 0. The molecule has 0 radical (unpaired) electrons. The van der Waals surface area contributed by atoms with Crippen molar-refractivity contribution in [2.75, 3.05) is 26.3 Å². The summed E-state index contributed by atoms with van der Waals surface area (Å²) in [6.07, 6.45) is 0.307. The fourth-order valence-electron chi connectivity index (χ4n) is 3.21. The summed E-state index contributed by atoms with van der Waals surface area (Å²) >= 11 is 0. The number of likely N-dealkylation sites (tertiary alicyclic amines) is 1. The number of hydrogen-bond acceptors (Lipinski definition) is 3. The Morgan fingerprint density at radius 1 is 1.33 bits per heavy atom. The zero-order valence-corrected chi connectivity index (χ0v) is 12.9. The summed E-state index contributed by atoms with van der Waals surface area (Å²) in [5.41, 5.74) is 1.21. The van der Waals surface area contributed by atoms with Crippen LogP contribution in [-0.2, 0) is 9.53 Å². The lowest BCUT2D eigenvalue weighted by Gasteiger charge is -2.26. The minimum absolute atomic E-state index is 0.00397. The maximum atomic E-state index is 12.0. The highest BCUT2D eigenvalue weighted by molar-refractivity contribution is 5.76. The summed E-state index contributed by atoms with van der Waals surface area (Å²) in [6.45, 7) is 5.77. The summed E-state index contributed by atoms with van der Waals surface area (Å²) < 4.78 is 5.70. The summed E-state index contributed by atoms with van der Waals surface area (Å²) in [6, 6.07) is 10.2. The second-order valence-corrected chi connectivity index (χ2v) is 5.51. The third kappa shape index (κ3) is 3.63. The minimum Gasteiger partial charge on any atom is -0.394 e. The summed E-state index contributed by atoms with van der Waals surface area (Å²) in [5.74, 6) is 0.546. The van der Waals surface area contributed by atoms with E-state index >= 15 is 0 Å². The number of aliphatic hydroxyl groups is 1. The molecule has 0 aliphatic carbocycles. The number of carbonyl (C=O) groups is 1. The van der Waals surface area contributed by atoms with Crippen LogP contribution in [0.2, 0.25) is 0 Å². The summed E-state index contributed by atoms with van der Waals surface area (Å²) in [5, 5.41) is 9.64. The minimum atomic E-state index is -0.213. The van der Waals surface area contributed by atoms with E-state index in [0.29, 0.717) is 26.1 Å². The zero-order valence-electron chi connectivity index (χ0n) is 12.9. The predicted molar refractivity (Wildman–Crippen MR) is 82.0 cm³/mol. The van der Waals surface area contributed by atoms with Gasteiger partial charge in [-0.3, -0.25) is 4.79 Å². The van der Waals surface area contributed by atoms with Crippen LogP contribution in [0.15, 0.2) is 30.3 Å². The highest BCUT2D eigenvalue weighted by Crippen LogP contribution is 2.36. The van der Waals surface area contributed by atoms with Gasteiger partial charge >= 0.3 is 0 Å². The monoisotopic (exact) mass is 291 g/mol. The molecule has 3 atom stereocenters. The molecule has 1 amide bonds. The number of ether oxygens (including phenoxy) is 1. The van der Waals surface area contributed by atoms with Gasteiger partial charge in [-0.05, 0) is 12.5 Å². The standard InChI is InChI=1S/C17H25NO3/c1-3-17(20)18-10-14(13-8-6-5-7-9-13)15(11-18)16(12-19)21-4-2/h5-9,14-16,19H,3-4,10-12H2,1-2H3/t14-,15+,16-/m1/s1. The van der Waals surface area contributed by atoms with Crippen molar-refractivity contribution in [2.24, 2.45) is 5.92 Å². The van der Waals surface area contributed by atoms with Gasteiger partial charge in [-0.2, -0.15) is 0 Å². The summed E-state index contributed by atoms with van der Waals surface area (Å²) in [4.78, 5) is 13.9. The van der Waals surface area contributed by atoms with Crippen LogP contribution in [0.3, 0.4) is 0 Å². The number of carbonyl (C=O) groups excluding carboxylic acids is 1. The van der Waals surface area contributed by atoms with E-state index in [9.17, 15) is 9.90 Å². The Bertz CT molecular complexity index is 449. The Balaban J connectivity index is 2.23. The fourth-order valence-corrected chi connectivity index (χ4v) is 3.21. The van der Waals surface area contributed by atoms with Crippen LogP contribution >= 0.6 is 0 Å². The number of amides is 1. The van der Waals surface area contributed by atoms with E-state index in [1.807, 2.05) is 36.9 Å². The predicted octanol–water partition coefficient (Wildman–Crippen LogP) is 2.04. The van der Waals surface area contributed by atoms with Gasteiger partial charge in [-0.25, -0.2) is 0 Å². The van der Waals surface area contributed by atoms with E-state index in [2.05, 4.69) is 12.1 Å². The average molecular weight is 291 g/mol. The number of nitrogens with zero attached hydrogens (tertiary/aromatic N) is 1. The molecule has 1 heterocycles. The molecular weight excluding hydrogens is 266 g/mol. The molecule has 1 saturated heterocycles. The lowest BCUT2D eigenvalue weighted by molar-refractivity contribution is -0.130. The maximum Gasteiger partial charge on any atom is 0.222 e. The van der Waals surface area contributed by atoms with Crippen molar-refractivity contribution in [1.82, 2.24) is 4.90 Å². The van der Waals surface area contributed by atoms with Crippen molar-refractivity contribution in [2.45, 2.75) is 32.3 Å². The molecular formula is C17H25NO3. The number of rotatable bonds is 6. The first kappa shape index (κ1) is 16.0. The van der Waals surface area contributed by atoms with E-state index in [4.69, 9.17) is 4.74 Å². The highest BCUT2D eigenvalue weighted by atomic mass is 16.5. The Hall–Kier alpha value is -1.39. The maximum absolute atomic E-state index is 12.0. The van der Waals surface area contributed by atoms with Crippen molar-refractivity contribution in [3.05, 3.63) is 35.9 Å². The van der Waals surface area contributed by atoms with Gasteiger partial charge in [-0.1, -0.05) is 37.3 Å². The zero-order chi connectivity index (χ0) is 15.2. The number of hydrogen-bond donors (Lipinski definition) is 1. The Labute approximate surface area is 126 Å². The van der Waals surface area contributed by atoms with E-state index < -0.39 is 0 Å².